The van der Waals surface area contributed by atoms with Crippen LogP contribution in [0.3, 0.4) is 0 Å². The summed E-state index contributed by atoms with van der Waals surface area (Å²) in [5.74, 6) is 0.693. The molecule has 3 aromatic heterocycles. The summed E-state index contributed by atoms with van der Waals surface area (Å²) in [6.45, 7) is 5.84. The highest BCUT2D eigenvalue weighted by Crippen LogP contribution is 2.55. The van der Waals surface area contributed by atoms with Crippen LogP contribution in [0.25, 0.3) is 22.0 Å². The van der Waals surface area contributed by atoms with Crippen molar-refractivity contribution in [3.05, 3.63) is 58.6 Å². The van der Waals surface area contributed by atoms with Crippen LogP contribution in [0.1, 0.15) is 29.9 Å². The van der Waals surface area contributed by atoms with Crippen molar-refractivity contribution in [3.8, 4) is 11.1 Å². The van der Waals surface area contributed by atoms with E-state index in [1.54, 1.807) is 22.0 Å². The number of aryl methyl sites for hydroxylation is 1. The number of Topliss-reactive ketones (excluding diaryl/α,β-unsaturated/α-hetero) is 1. The number of amides is 2. The van der Waals surface area contributed by atoms with Crippen molar-refractivity contribution in [2.75, 3.05) is 17.6 Å². The summed E-state index contributed by atoms with van der Waals surface area (Å²) >= 11 is 3.35. The zero-order valence-electron chi connectivity index (χ0n) is 22.1. The molecule has 4 heterocycles. The lowest BCUT2D eigenvalue weighted by Gasteiger charge is -2.28. The number of nitrogen functional groups attached to an aromatic ring is 1. The number of carbonyl (C=O) groups is 3. The highest BCUT2D eigenvalue weighted by molar-refractivity contribution is 9.10. The third-order valence-corrected chi connectivity index (χ3v) is 8.45. The van der Waals surface area contributed by atoms with Gasteiger partial charge in [0.25, 0.3) is 0 Å². The number of likely N-dealkylation sites (tertiary alicyclic amines) is 1. The number of benzene rings is 1. The summed E-state index contributed by atoms with van der Waals surface area (Å²) in [7, 11) is 0. The summed E-state index contributed by atoms with van der Waals surface area (Å²) in [6, 6.07) is 8.60. The molecule has 2 aliphatic rings. The van der Waals surface area contributed by atoms with E-state index in [9.17, 15) is 14.4 Å². The van der Waals surface area contributed by atoms with E-state index < -0.39 is 6.04 Å². The Hall–Kier alpha value is -4.19. The zero-order valence-corrected chi connectivity index (χ0v) is 23.7. The topological polar surface area (TPSA) is 149 Å². The van der Waals surface area contributed by atoms with E-state index in [0.29, 0.717) is 33.8 Å². The van der Waals surface area contributed by atoms with E-state index >= 15 is 0 Å². The third-order valence-electron chi connectivity index (χ3n) is 8.01. The molecule has 204 valence electrons. The van der Waals surface area contributed by atoms with E-state index in [1.165, 1.54) is 6.92 Å². The minimum absolute atomic E-state index is 0.0973. The molecule has 1 aromatic carbocycles. The number of aromatic nitrogens is 5. The van der Waals surface area contributed by atoms with Crippen LogP contribution >= 0.6 is 15.9 Å². The van der Waals surface area contributed by atoms with Gasteiger partial charge >= 0.3 is 0 Å². The molecule has 1 saturated carbocycles. The van der Waals surface area contributed by atoms with Gasteiger partial charge < -0.3 is 16.0 Å². The predicted octanol–water partition coefficient (Wildman–Crippen LogP) is 3.48. The van der Waals surface area contributed by atoms with Gasteiger partial charge in [-0.25, -0.2) is 15.0 Å². The van der Waals surface area contributed by atoms with Crippen molar-refractivity contribution in [3.63, 3.8) is 0 Å². The lowest BCUT2D eigenvalue weighted by atomic mass is 10.0. The fraction of sp³-hybridized carbons (Fsp3) is 0.321. The average molecular weight is 603 g/mol. The highest BCUT2D eigenvalue weighted by Gasteiger charge is 2.62. The molecule has 1 aliphatic heterocycles. The van der Waals surface area contributed by atoms with Gasteiger partial charge in [-0.3, -0.25) is 19.1 Å². The summed E-state index contributed by atoms with van der Waals surface area (Å²) in [4.78, 5) is 53.8. The maximum absolute atomic E-state index is 13.7. The van der Waals surface area contributed by atoms with E-state index in [0.717, 1.165) is 16.7 Å². The van der Waals surface area contributed by atoms with E-state index in [1.807, 2.05) is 37.3 Å². The zero-order chi connectivity index (χ0) is 28.3. The van der Waals surface area contributed by atoms with Crippen molar-refractivity contribution in [2.24, 2.45) is 17.8 Å². The quantitative estimate of drug-likeness (QED) is 0.251. The lowest BCUT2D eigenvalue weighted by Crippen LogP contribution is -2.48. The number of carbonyl (C=O) groups excluding carboxylic acids is 3. The Bertz CT molecular complexity index is 1690. The van der Waals surface area contributed by atoms with Gasteiger partial charge in [0.05, 0.1) is 5.52 Å². The molecule has 4 aromatic rings. The normalized spacial score (nSPS) is 21.4. The van der Waals surface area contributed by atoms with Crippen LogP contribution in [0.15, 0.2) is 47.3 Å². The van der Waals surface area contributed by atoms with Crippen LogP contribution in [0.2, 0.25) is 0 Å². The van der Waals surface area contributed by atoms with Crippen molar-refractivity contribution in [1.29, 1.82) is 0 Å². The third kappa shape index (κ3) is 4.51. The smallest absolute Gasteiger partial charge is 0.248 e. The van der Waals surface area contributed by atoms with Crippen molar-refractivity contribution in [1.82, 2.24) is 29.6 Å². The number of ketones is 1. The number of nitrogens with zero attached hydrogens (tertiary/aromatic N) is 6. The van der Waals surface area contributed by atoms with Crippen LogP contribution in [-0.2, 0) is 16.1 Å². The largest absolute Gasteiger partial charge is 0.368 e. The number of rotatable bonds is 6. The molecule has 4 atom stereocenters. The first-order chi connectivity index (χ1) is 19.1. The molecular formula is C28H27BrN8O3. The first kappa shape index (κ1) is 26.1. The van der Waals surface area contributed by atoms with E-state index in [-0.39, 0.29) is 47.6 Å². The molecule has 3 N–H and O–H groups in total. The second kappa shape index (κ2) is 9.77. The molecule has 12 heteroatoms. The van der Waals surface area contributed by atoms with Gasteiger partial charge in [0.1, 0.15) is 28.7 Å². The lowest BCUT2D eigenvalue weighted by molar-refractivity contribution is -0.138. The molecular weight excluding hydrogens is 576 g/mol. The van der Waals surface area contributed by atoms with Gasteiger partial charge in [0.2, 0.25) is 17.8 Å². The van der Waals surface area contributed by atoms with Gasteiger partial charge in [0, 0.05) is 36.8 Å². The number of hydrogen-bond acceptors (Lipinski definition) is 8. The number of piperidine rings is 1. The summed E-state index contributed by atoms with van der Waals surface area (Å²) < 4.78 is 2.16. The van der Waals surface area contributed by atoms with E-state index in [4.69, 9.17) is 5.73 Å². The first-order valence-electron chi connectivity index (χ1n) is 12.9. The van der Waals surface area contributed by atoms with Gasteiger partial charge in [-0.05, 0) is 69.9 Å². The van der Waals surface area contributed by atoms with Gasteiger partial charge in [-0.15, -0.1) is 0 Å². The maximum Gasteiger partial charge on any atom is 0.248 e. The number of nitrogens with one attached hydrogen (secondary N) is 1. The van der Waals surface area contributed by atoms with E-state index in [2.05, 4.69) is 48.2 Å². The number of hydrogen-bond donors (Lipinski definition) is 2. The minimum atomic E-state index is -0.598. The number of halogens is 1. The fourth-order valence-corrected chi connectivity index (χ4v) is 6.09. The summed E-state index contributed by atoms with van der Waals surface area (Å²) in [5, 5.41) is 8.06. The number of fused-ring (bicyclic) bond motifs is 2. The maximum atomic E-state index is 13.7. The number of nitrogens with two attached hydrogens (primary N) is 1. The van der Waals surface area contributed by atoms with Gasteiger partial charge in [-0.2, -0.15) is 5.10 Å². The molecule has 2 amide bonds. The Kier molecular flexibility index (Phi) is 6.37. The summed E-state index contributed by atoms with van der Waals surface area (Å²) in [6.07, 6.45) is 3.22. The molecule has 1 saturated heterocycles. The Morgan fingerprint density at radius 2 is 1.88 bits per heavy atom. The SMILES string of the molecule is CC(=O)c1nn(CC(=O)N2CC3C(C)C3[C@H]2C(=O)Nc2nc(Br)ccc2C)c2ccc(-c3cnc(N)nc3)cc12. The molecule has 40 heavy (non-hydrogen) atoms. The van der Waals surface area contributed by atoms with Crippen LogP contribution < -0.4 is 11.1 Å². The first-order valence-corrected chi connectivity index (χ1v) is 13.7. The molecule has 3 unspecified atom stereocenters. The average Bonchev–Trinajstić information content (AvgIpc) is 3.25. The van der Waals surface area contributed by atoms with Crippen molar-refractivity contribution < 1.29 is 14.4 Å². The number of pyridine rings is 1. The molecule has 6 rings (SSSR count). The Labute approximate surface area is 238 Å². The molecule has 11 nitrogen and oxygen atoms in total. The molecule has 2 fully saturated rings. The van der Waals surface area contributed by atoms with Crippen molar-refractivity contribution >= 4 is 56.2 Å². The van der Waals surface area contributed by atoms with Gasteiger partial charge in [-0.1, -0.05) is 19.1 Å². The van der Waals surface area contributed by atoms with Crippen LogP contribution in [-0.4, -0.2) is 59.8 Å². The fourth-order valence-electron chi connectivity index (χ4n) is 5.78. The Balaban J connectivity index is 1.28. The molecule has 1 aliphatic carbocycles. The second-order valence-corrected chi connectivity index (χ2v) is 11.3. The predicted molar refractivity (Wildman–Crippen MR) is 152 cm³/mol. The molecule has 0 spiro atoms. The monoisotopic (exact) mass is 602 g/mol. The minimum Gasteiger partial charge on any atom is -0.368 e. The molecule has 0 bridgehead atoms. The summed E-state index contributed by atoms with van der Waals surface area (Å²) in [5.41, 5.74) is 8.89. The van der Waals surface area contributed by atoms with Crippen LogP contribution in [0, 0.1) is 24.7 Å². The Morgan fingerprint density at radius 3 is 2.60 bits per heavy atom. The standard InChI is InChI=1S/C28H27BrN8O3/c1-13-4-7-21(29)33-26(13)34-27(40)25-23-14(2)19(23)11-36(25)22(39)12-37-20-6-5-16(17-9-31-28(30)32-10-17)8-18(20)24(35-37)15(3)38/h4-10,14,19,23,25H,11-12H2,1-3H3,(H2,30,31,32)(H,33,34,40)/t14?,19?,23?,25-/m0/s1. The van der Waals surface area contributed by atoms with Crippen LogP contribution in [0.4, 0.5) is 11.8 Å². The number of anilines is 2. The Morgan fingerprint density at radius 1 is 1.12 bits per heavy atom. The van der Waals surface area contributed by atoms with Gasteiger partial charge in [0.15, 0.2) is 5.78 Å². The second-order valence-electron chi connectivity index (χ2n) is 10.5. The molecule has 0 radical (unpaired) electrons. The van der Waals surface area contributed by atoms with Crippen molar-refractivity contribution in [2.45, 2.75) is 33.4 Å². The van der Waals surface area contributed by atoms with Crippen LogP contribution in [0.5, 0.6) is 0 Å². The highest BCUT2D eigenvalue weighted by atomic mass is 79.9.